The van der Waals surface area contributed by atoms with Gasteiger partial charge in [0.1, 0.15) is 11.7 Å². The van der Waals surface area contributed by atoms with Crippen LogP contribution in [-0.2, 0) is 12.3 Å². The highest BCUT2D eigenvalue weighted by Crippen LogP contribution is 2.24. The fourth-order valence-electron chi connectivity index (χ4n) is 3.51. The van der Waals surface area contributed by atoms with E-state index in [2.05, 4.69) is 47.7 Å². The summed E-state index contributed by atoms with van der Waals surface area (Å²) in [5.74, 6) is 1.64. The Morgan fingerprint density at radius 3 is 2.69 bits per heavy atom. The normalized spacial score (nSPS) is 12.8. The number of aromatic nitrogens is 5. The van der Waals surface area contributed by atoms with Gasteiger partial charge in [0.15, 0.2) is 11.0 Å². The lowest BCUT2D eigenvalue weighted by molar-refractivity contribution is -0.893. The van der Waals surface area contributed by atoms with Crippen LogP contribution < -0.4 is 10.5 Å². The van der Waals surface area contributed by atoms with Gasteiger partial charge >= 0.3 is 0 Å². The van der Waals surface area contributed by atoms with Crippen LogP contribution in [0.3, 0.4) is 0 Å². The van der Waals surface area contributed by atoms with Crippen LogP contribution in [-0.4, -0.2) is 38.2 Å². The number of hydrogen-bond acceptors (Lipinski definition) is 5. The number of nitrogens with one attached hydrogen (secondary N) is 1. The molecule has 0 aromatic carbocycles. The predicted octanol–water partition coefficient (Wildman–Crippen LogP) is 2.28. The third-order valence-electron chi connectivity index (χ3n) is 5.11. The Hall–Kier alpha value is -2.19. The van der Waals surface area contributed by atoms with Crippen LogP contribution >= 0.6 is 11.8 Å². The maximum absolute atomic E-state index is 12.5. The van der Waals surface area contributed by atoms with Crippen LogP contribution in [0.25, 0.3) is 5.65 Å². The zero-order valence-electron chi connectivity index (χ0n) is 18.0. The van der Waals surface area contributed by atoms with E-state index < -0.39 is 0 Å². The highest BCUT2D eigenvalue weighted by atomic mass is 32.2. The maximum Gasteiger partial charge on any atom is 0.258 e. The highest BCUT2D eigenvalue weighted by molar-refractivity contribution is 7.98. The Morgan fingerprint density at radius 1 is 1.21 bits per heavy atom. The molecule has 1 N–H and O–H groups in total. The van der Waals surface area contributed by atoms with E-state index in [1.54, 1.807) is 22.2 Å². The summed E-state index contributed by atoms with van der Waals surface area (Å²) in [6.45, 7) is 7.27. The average molecular weight is 416 g/mol. The molecule has 7 nitrogen and oxygen atoms in total. The largest absolute Gasteiger partial charge is 0.331 e. The molecule has 29 heavy (non-hydrogen) atoms. The van der Waals surface area contributed by atoms with Crippen molar-refractivity contribution in [1.29, 1.82) is 0 Å². The minimum atomic E-state index is -0.0512. The number of rotatable bonds is 9. The molecule has 0 unspecified atom stereocenters. The monoisotopic (exact) mass is 415 g/mol. The van der Waals surface area contributed by atoms with Gasteiger partial charge in [-0.3, -0.25) is 9.20 Å². The van der Waals surface area contributed by atoms with E-state index >= 15 is 0 Å². The third-order valence-corrected chi connectivity index (χ3v) is 6.11. The third kappa shape index (κ3) is 4.87. The van der Waals surface area contributed by atoms with Gasteiger partial charge in [-0.05, 0) is 25.0 Å². The fourth-order valence-corrected chi connectivity index (χ4v) is 4.37. The molecule has 0 aliphatic rings. The minimum absolute atomic E-state index is 0.0512. The number of fused-ring (bicyclic) bond motifs is 1. The lowest BCUT2D eigenvalue weighted by Crippen LogP contribution is -3.06. The van der Waals surface area contributed by atoms with E-state index in [9.17, 15) is 4.79 Å². The molecule has 0 bridgehead atoms. The van der Waals surface area contributed by atoms with Gasteiger partial charge in [-0.2, -0.15) is 0 Å². The highest BCUT2D eigenvalue weighted by Gasteiger charge is 2.24. The first-order valence-corrected chi connectivity index (χ1v) is 11.3. The molecule has 0 saturated heterocycles. The summed E-state index contributed by atoms with van der Waals surface area (Å²) < 4.78 is 3.85. The molecule has 0 aliphatic heterocycles. The summed E-state index contributed by atoms with van der Waals surface area (Å²) in [5.41, 5.74) is 2.42. The van der Waals surface area contributed by atoms with Crippen LogP contribution in [0.4, 0.5) is 0 Å². The number of thioether (sulfide) groups is 1. The van der Waals surface area contributed by atoms with Crippen molar-refractivity contribution in [3.8, 4) is 0 Å². The van der Waals surface area contributed by atoms with Crippen molar-refractivity contribution >= 4 is 17.4 Å². The molecule has 3 aromatic rings. The van der Waals surface area contributed by atoms with E-state index in [4.69, 9.17) is 0 Å². The maximum atomic E-state index is 12.5. The molecule has 0 spiro atoms. The Morgan fingerprint density at radius 2 is 2.00 bits per heavy atom. The van der Waals surface area contributed by atoms with Gasteiger partial charge in [-0.25, -0.2) is 4.98 Å². The molecule has 0 fully saturated rings. The molecular weight excluding hydrogens is 384 g/mol. The Kier molecular flexibility index (Phi) is 7.08. The SMILES string of the molecule is CCCCn1c(SCc2cc(=O)n3cc(C)ccc3n2)nnc1[C@H](CC)[NH+](C)C. The van der Waals surface area contributed by atoms with E-state index in [0.29, 0.717) is 17.4 Å². The van der Waals surface area contributed by atoms with Crippen molar-refractivity contribution in [3.63, 3.8) is 0 Å². The number of quaternary nitrogens is 1. The molecule has 3 rings (SSSR count). The van der Waals surface area contributed by atoms with Crippen LogP contribution in [0.5, 0.6) is 0 Å². The van der Waals surface area contributed by atoms with Crippen molar-refractivity contribution in [1.82, 2.24) is 24.1 Å². The number of aryl methyl sites for hydroxylation is 1. The lowest BCUT2D eigenvalue weighted by atomic mass is 10.2. The molecule has 1 atom stereocenters. The summed E-state index contributed by atoms with van der Waals surface area (Å²) in [5, 5.41) is 9.92. The molecule has 0 aliphatic carbocycles. The van der Waals surface area contributed by atoms with Gasteiger partial charge in [0, 0.05) is 31.0 Å². The number of unbranched alkanes of at least 4 members (excludes halogenated alkanes) is 1. The van der Waals surface area contributed by atoms with Crippen LogP contribution in [0, 0.1) is 6.92 Å². The summed E-state index contributed by atoms with van der Waals surface area (Å²) in [6, 6.07) is 5.80. The first kappa shape index (κ1) is 21.5. The van der Waals surface area contributed by atoms with Crippen molar-refractivity contribution in [2.45, 2.75) is 63.5 Å². The summed E-state index contributed by atoms with van der Waals surface area (Å²) >= 11 is 1.60. The molecule has 3 aromatic heterocycles. The van der Waals surface area contributed by atoms with Crippen LogP contribution in [0.1, 0.15) is 56.2 Å². The van der Waals surface area contributed by atoms with Crippen molar-refractivity contribution < 1.29 is 4.90 Å². The fraction of sp³-hybridized carbons (Fsp3) is 0.524. The van der Waals surface area contributed by atoms with Gasteiger partial charge < -0.3 is 9.47 Å². The molecule has 156 valence electrons. The Balaban J connectivity index is 1.86. The van der Waals surface area contributed by atoms with Gasteiger partial charge in [0.05, 0.1) is 19.8 Å². The molecule has 8 heteroatoms. The second kappa shape index (κ2) is 9.54. The summed E-state index contributed by atoms with van der Waals surface area (Å²) in [6.07, 6.45) is 5.05. The standard InChI is InChI=1S/C21H30N6OS/c1-6-8-11-26-20(17(7-2)25(4)5)23-24-21(26)29-14-16-12-19(28)27-13-15(3)9-10-18(27)22-16/h9-10,12-13,17H,6-8,11,14H2,1-5H3/p+1/t17-/m0/s1. The second-order valence-electron chi connectivity index (χ2n) is 7.69. The average Bonchev–Trinajstić information content (AvgIpc) is 3.08. The second-order valence-corrected chi connectivity index (χ2v) is 8.64. The van der Waals surface area contributed by atoms with E-state index in [-0.39, 0.29) is 5.56 Å². The van der Waals surface area contributed by atoms with E-state index in [0.717, 1.165) is 48.0 Å². The van der Waals surface area contributed by atoms with E-state index in [1.807, 2.05) is 25.3 Å². The lowest BCUT2D eigenvalue weighted by Gasteiger charge is -2.20. The first-order chi connectivity index (χ1) is 13.9. The van der Waals surface area contributed by atoms with E-state index in [1.165, 1.54) is 4.90 Å². The molecule has 0 saturated carbocycles. The molecular formula is C21H31N6OS+. The smallest absolute Gasteiger partial charge is 0.258 e. The minimum Gasteiger partial charge on any atom is -0.331 e. The van der Waals surface area contributed by atoms with Crippen LogP contribution in [0.2, 0.25) is 0 Å². The first-order valence-electron chi connectivity index (χ1n) is 10.3. The van der Waals surface area contributed by atoms with Crippen molar-refractivity contribution in [2.24, 2.45) is 0 Å². The quantitative estimate of drug-likeness (QED) is 0.543. The van der Waals surface area contributed by atoms with Gasteiger partial charge in [-0.15, -0.1) is 10.2 Å². The predicted molar refractivity (Wildman–Crippen MR) is 117 cm³/mol. The Labute approximate surface area is 176 Å². The number of hydrogen-bond donors (Lipinski definition) is 1. The number of nitrogens with zero attached hydrogens (tertiary/aromatic N) is 5. The van der Waals surface area contributed by atoms with Gasteiger partial charge in [0.25, 0.3) is 5.56 Å². The Bertz CT molecular complexity index is 1030. The topological polar surface area (TPSA) is 69.5 Å². The van der Waals surface area contributed by atoms with Crippen LogP contribution in [0.15, 0.2) is 34.3 Å². The summed E-state index contributed by atoms with van der Waals surface area (Å²) in [7, 11) is 4.32. The summed E-state index contributed by atoms with van der Waals surface area (Å²) in [4.78, 5) is 18.5. The van der Waals surface area contributed by atoms with Crippen molar-refractivity contribution in [2.75, 3.05) is 14.1 Å². The molecule has 0 radical (unpaired) electrons. The zero-order chi connectivity index (χ0) is 21.0. The molecule has 3 heterocycles. The van der Waals surface area contributed by atoms with Gasteiger partial charge in [-0.1, -0.05) is 38.1 Å². The number of pyridine rings is 1. The molecule has 0 amide bonds. The van der Waals surface area contributed by atoms with Gasteiger partial charge in [0.2, 0.25) is 0 Å². The van der Waals surface area contributed by atoms with Crippen molar-refractivity contribution in [3.05, 3.63) is 51.8 Å². The zero-order valence-corrected chi connectivity index (χ0v) is 18.8.